The molecule has 0 rings (SSSR count). The van der Waals surface area contributed by atoms with Crippen LogP contribution in [-0.4, -0.2) is 57.4 Å². The van der Waals surface area contributed by atoms with Crippen molar-refractivity contribution in [1.82, 2.24) is 0 Å². The second-order valence-corrected chi connectivity index (χ2v) is 13.5. The first-order valence-electron chi connectivity index (χ1n) is 4.86. The molecule has 0 aliphatic heterocycles. The van der Waals surface area contributed by atoms with Crippen LogP contribution < -0.4 is 0 Å². The van der Waals surface area contributed by atoms with Crippen LogP contribution in [0.25, 0.3) is 0 Å². The van der Waals surface area contributed by atoms with Crippen molar-refractivity contribution in [3.8, 4) is 0 Å². The third kappa shape index (κ3) is 10.7. The highest BCUT2D eigenvalue weighted by atomic mass is 35.6. The second-order valence-electron chi connectivity index (χ2n) is 5.15. The van der Waals surface area contributed by atoms with Crippen molar-refractivity contribution in [2.75, 3.05) is 32.6 Å². The summed E-state index contributed by atoms with van der Waals surface area (Å²) in [4.78, 5) is 0. The molecule has 0 heterocycles. The summed E-state index contributed by atoms with van der Waals surface area (Å²) < 4.78 is 31.9. The van der Waals surface area contributed by atoms with Gasteiger partial charge < -0.3 is 9.04 Å². The van der Waals surface area contributed by atoms with Crippen LogP contribution in [-0.2, 0) is 10.1 Å². The van der Waals surface area contributed by atoms with Crippen LogP contribution in [0.3, 0.4) is 0 Å². The molecule has 0 amide bonds. The minimum Gasteiger partial charge on any atom is -0.748 e. The Balaban J connectivity index is 4.06. The molecule has 0 radical (unpaired) electrons. The van der Waals surface area contributed by atoms with Gasteiger partial charge in [0, 0.05) is 12.2 Å². The molecule has 0 saturated carbocycles. The van der Waals surface area contributed by atoms with Crippen LogP contribution in [0.1, 0.15) is 6.42 Å². The highest BCUT2D eigenvalue weighted by Gasteiger charge is 2.28. The van der Waals surface area contributed by atoms with Gasteiger partial charge in [-0.05, 0) is 0 Å². The van der Waals surface area contributed by atoms with E-state index in [0.717, 1.165) is 6.17 Å². The summed E-state index contributed by atoms with van der Waals surface area (Å²) in [5.41, 5.74) is 0. The molecule has 0 aromatic rings. The predicted molar refractivity (Wildman–Crippen MR) is 64.4 cm³/mol. The predicted octanol–water partition coefficient (Wildman–Crippen LogP) is 0.981. The molecular formula is C8H20ClNO3SSi. The largest absolute Gasteiger partial charge is 0.748 e. The summed E-state index contributed by atoms with van der Waals surface area (Å²) in [6.07, 6.45) is 1.27. The number of halogens is 1. The summed E-state index contributed by atoms with van der Waals surface area (Å²) in [6.45, 7) is 4.78. The van der Waals surface area contributed by atoms with E-state index in [-0.39, 0.29) is 5.75 Å². The molecule has 4 nitrogen and oxygen atoms in total. The lowest BCUT2D eigenvalue weighted by molar-refractivity contribution is -0.880. The number of hydrogen-bond donors (Lipinski definition) is 0. The Bertz CT molecular complexity index is 297. The molecule has 0 unspecified atom stereocenters. The van der Waals surface area contributed by atoms with Crippen LogP contribution in [0.4, 0.5) is 0 Å². The van der Waals surface area contributed by atoms with Gasteiger partial charge >= 0.3 is 0 Å². The van der Waals surface area contributed by atoms with Crippen molar-refractivity contribution < 1.29 is 17.5 Å². The molecule has 15 heavy (non-hydrogen) atoms. The average molecular weight is 274 g/mol. The van der Waals surface area contributed by atoms with Crippen LogP contribution in [0, 0.1) is 0 Å². The van der Waals surface area contributed by atoms with Crippen LogP contribution in [0.15, 0.2) is 0 Å². The van der Waals surface area contributed by atoms with Crippen molar-refractivity contribution in [3.63, 3.8) is 0 Å². The van der Waals surface area contributed by atoms with E-state index >= 15 is 0 Å². The van der Waals surface area contributed by atoms with Gasteiger partial charge in [0.15, 0.2) is 0 Å². The Hall–Kier alpha value is 0.377. The molecule has 0 bridgehead atoms. The molecular weight excluding hydrogens is 254 g/mol. The monoisotopic (exact) mass is 273 g/mol. The highest BCUT2D eigenvalue weighted by Crippen LogP contribution is 2.13. The molecule has 0 N–H and O–H groups in total. The van der Waals surface area contributed by atoms with Gasteiger partial charge in [-0.25, -0.2) is 8.42 Å². The zero-order valence-corrected chi connectivity index (χ0v) is 12.4. The van der Waals surface area contributed by atoms with Crippen LogP contribution in [0.5, 0.6) is 0 Å². The number of quaternary nitrogens is 1. The molecule has 0 spiro atoms. The lowest BCUT2D eigenvalue weighted by atomic mass is 10.4. The maximum absolute atomic E-state index is 10.4. The molecule has 0 aromatic heterocycles. The zero-order valence-electron chi connectivity index (χ0n) is 9.79. The summed E-state index contributed by atoms with van der Waals surface area (Å²) >= 11 is 6.23. The number of rotatable bonds is 6. The normalized spacial score (nSPS) is 14.3. The van der Waals surface area contributed by atoms with E-state index in [1.165, 1.54) is 0 Å². The summed E-state index contributed by atoms with van der Waals surface area (Å²) in [5.74, 6) is -0.279. The van der Waals surface area contributed by atoms with Gasteiger partial charge in [0.05, 0.1) is 36.9 Å². The van der Waals surface area contributed by atoms with E-state index in [0.29, 0.717) is 17.4 Å². The smallest absolute Gasteiger partial charge is 0.211 e. The molecule has 0 fully saturated rings. The van der Waals surface area contributed by atoms with Crippen LogP contribution >= 0.6 is 11.1 Å². The molecule has 0 atom stereocenters. The second kappa shape index (κ2) is 5.14. The minimum absolute atomic E-state index is 0.279. The number of nitrogens with zero attached hydrogens (tertiary/aromatic N) is 1. The van der Waals surface area contributed by atoms with Crippen LogP contribution in [0.2, 0.25) is 13.1 Å². The Morgan fingerprint density at radius 3 is 2.13 bits per heavy atom. The van der Waals surface area contributed by atoms with Gasteiger partial charge in [0.1, 0.15) is 0 Å². The molecule has 0 aromatic carbocycles. The molecule has 0 aliphatic carbocycles. The van der Waals surface area contributed by atoms with E-state index < -0.39 is 17.5 Å². The maximum atomic E-state index is 10.4. The molecule has 0 saturated heterocycles. The van der Waals surface area contributed by atoms with Gasteiger partial charge in [-0.15, -0.1) is 0 Å². The minimum atomic E-state index is -4.07. The van der Waals surface area contributed by atoms with E-state index in [2.05, 4.69) is 13.1 Å². The Kier molecular flexibility index (Phi) is 5.27. The van der Waals surface area contributed by atoms with E-state index in [1.807, 2.05) is 14.1 Å². The fourth-order valence-electron chi connectivity index (χ4n) is 1.77. The van der Waals surface area contributed by atoms with Gasteiger partial charge in [0.25, 0.3) is 0 Å². The van der Waals surface area contributed by atoms with Crippen molar-refractivity contribution in [2.24, 2.45) is 0 Å². The average Bonchev–Trinajstić information content (AvgIpc) is 1.75. The Morgan fingerprint density at radius 1 is 1.33 bits per heavy atom. The topological polar surface area (TPSA) is 57.2 Å². The first-order valence-corrected chi connectivity index (χ1v) is 10.7. The lowest BCUT2D eigenvalue weighted by Gasteiger charge is -2.33. The van der Waals surface area contributed by atoms with Gasteiger partial charge in [-0.2, -0.15) is 11.1 Å². The van der Waals surface area contributed by atoms with Gasteiger partial charge in [0.2, 0.25) is 7.38 Å². The Morgan fingerprint density at radius 2 is 1.80 bits per heavy atom. The summed E-state index contributed by atoms with van der Waals surface area (Å²) in [5, 5.41) is 0. The van der Waals surface area contributed by atoms with Crippen molar-refractivity contribution >= 4 is 28.6 Å². The zero-order chi connectivity index (χ0) is 12.3. The first kappa shape index (κ1) is 15.4. The lowest BCUT2D eigenvalue weighted by Crippen LogP contribution is -2.50. The van der Waals surface area contributed by atoms with Crippen molar-refractivity contribution in [3.05, 3.63) is 0 Å². The third-order valence-corrected chi connectivity index (χ3v) is 4.72. The fraction of sp³-hybridized carbons (Fsp3) is 1.00. The van der Waals surface area contributed by atoms with Crippen molar-refractivity contribution in [2.45, 2.75) is 19.5 Å². The summed E-state index contributed by atoms with van der Waals surface area (Å²) in [6, 6.07) is 0. The third-order valence-electron chi connectivity index (χ3n) is 1.96. The van der Waals surface area contributed by atoms with E-state index in [4.69, 9.17) is 11.1 Å². The molecule has 7 heteroatoms. The van der Waals surface area contributed by atoms with Gasteiger partial charge in [-0.1, -0.05) is 13.1 Å². The quantitative estimate of drug-likeness (QED) is 0.314. The molecule has 92 valence electrons. The first-order chi connectivity index (χ1) is 6.41. The number of hydrogen-bond acceptors (Lipinski definition) is 3. The van der Waals surface area contributed by atoms with E-state index in [1.54, 1.807) is 0 Å². The fourth-order valence-corrected chi connectivity index (χ4v) is 5.41. The standard InChI is InChI=1S/C8H20ClNO3SSi/c1-10(2,8-15(3,4)9)6-5-7-14(11,12)13/h5-8H2,1-4H3. The van der Waals surface area contributed by atoms with Gasteiger partial charge in [-0.3, -0.25) is 0 Å². The van der Waals surface area contributed by atoms with E-state index in [9.17, 15) is 13.0 Å². The highest BCUT2D eigenvalue weighted by molar-refractivity contribution is 7.85. The maximum Gasteiger partial charge on any atom is 0.211 e. The summed E-state index contributed by atoms with van der Waals surface area (Å²) in [7, 11) is -1.73. The molecule has 0 aliphatic rings. The SMILES string of the molecule is C[N+](C)(CCCS(=O)(=O)[O-])C[Si](C)(C)Cl. The van der Waals surface area contributed by atoms with Crippen molar-refractivity contribution in [1.29, 1.82) is 0 Å². The Labute approximate surface area is 98.3 Å².